The lowest BCUT2D eigenvalue weighted by Crippen LogP contribution is -2.47. The molecule has 1 saturated heterocycles. The number of alkyl halides is 3. The number of carbonyl (C=O) groups is 1. The molecule has 0 saturated carbocycles. The summed E-state index contributed by atoms with van der Waals surface area (Å²) in [5.74, 6) is -0.908. The van der Waals surface area contributed by atoms with Crippen molar-refractivity contribution in [3.63, 3.8) is 0 Å². The summed E-state index contributed by atoms with van der Waals surface area (Å²) in [6.45, 7) is 3.85. The normalized spacial score (nSPS) is 20.0. The van der Waals surface area contributed by atoms with E-state index in [1.165, 1.54) is 18.2 Å². The molecular formula is C21H20F4N4O. The Morgan fingerprint density at radius 1 is 1.07 bits per heavy atom. The van der Waals surface area contributed by atoms with Crippen molar-refractivity contribution in [1.82, 2.24) is 19.5 Å². The molecule has 9 heteroatoms. The second-order valence-corrected chi connectivity index (χ2v) is 7.67. The number of hydrogen-bond acceptors (Lipinski definition) is 3. The van der Waals surface area contributed by atoms with Crippen molar-refractivity contribution in [2.24, 2.45) is 0 Å². The van der Waals surface area contributed by atoms with Crippen LogP contribution in [0.5, 0.6) is 0 Å². The molecule has 30 heavy (non-hydrogen) atoms. The van der Waals surface area contributed by atoms with Gasteiger partial charge in [0.2, 0.25) is 0 Å². The van der Waals surface area contributed by atoms with Gasteiger partial charge in [0.25, 0.3) is 5.91 Å². The number of nitrogens with zero attached hydrogens (tertiary/aromatic N) is 4. The fraction of sp³-hybridized carbons (Fsp3) is 0.381. The third kappa shape index (κ3) is 3.64. The molecule has 1 aliphatic heterocycles. The minimum absolute atomic E-state index is 0.0177. The van der Waals surface area contributed by atoms with Crippen LogP contribution in [0.1, 0.15) is 49.3 Å². The van der Waals surface area contributed by atoms with Gasteiger partial charge in [-0.05, 0) is 63.4 Å². The zero-order chi connectivity index (χ0) is 21.6. The van der Waals surface area contributed by atoms with Gasteiger partial charge in [0.15, 0.2) is 17.0 Å². The monoisotopic (exact) mass is 420 g/mol. The van der Waals surface area contributed by atoms with Crippen LogP contribution in [0.15, 0.2) is 36.4 Å². The van der Waals surface area contributed by atoms with Crippen LogP contribution in [0.2, 0.25) is 0 Å². The van der Waals surface area contributed by atoms with Gasteiger partial charge in [0, 0.05) is 23.7 Å². The van der Waals surface area contributed by atoms with E-state index in [2.05, 4.69) is 10.1 Å². The zero-order valence-electron chi connectivity index (χ0n) is 16.4. The van der Waals surface area contributed by atoms with E-state index in [1.54, 1.807) is 4.90 Å². The summed E-state index contributed by atoms with van der Waals surface area (Å²) in [6, 6.07) is 7.11. The molecule has 2 atom stereocenters. The summed E-state index contributed by atoms with van der Waals surface area (Å²) in [6.07, 6.45) is -2.04. The van der Waals surface area contributed by atoms with Gasteiger partial charge in [-0.3, -0.25) is 4.79 Å². The third-order valence-corrected chi connectivity index (χ3v) is 5.50. The number of likely N-dealkylation sites (tertiary alicyclic amines) is 1. The van der Waals surface area contributed by atoms with Crippen LogP contribution in [0, 0.1) is 5.82 Å². The van der Waals surface area contributed by atoms with Crippen LogP contribution in [-0.4, -0.2) is 37.5 Å². The second kappa shape index (κ2) is 7.37. The highest BCUT2D eigenvalue weighted by Crippen LogP contribution is 2.33. The molecule has 2 aromatic heterocycles. The van der Waals surface area contributed by atoms with Crippen LogP contribution in [0.3, 0.4) is 0 Å². The Labute approximate surface area is 170 Å². The maximum atomic E-state index is 13.7. The van der Waals surface area contributed by atoms with Crippen molar-refractivity contribution in [3.05, 3.63) is 53.6 Å². The van der Waals surface area contributed by atoms with Crippen LogP contribution in [0.25, 0.3) is 16.9 Å². The van der Waals surface area contributed by atoms with Crippen molar-refractivity contribution in [2.45, 2.75) is 51.4 Å². The highest BCUT2D eigenvalue weighted by molar-refractivity contribution is 5.94. The molecule has 0 spiro atoms. The van der Waals surface area contributed by atoms with Gasteiger partial charge in [0.1, 0.15) is 5.82 Å². The number of halogens is 4. The quantitative estimate of drug-likeness (QED) is 0.551. The van der Waals surface area contributed by atoms with Crippen LogP contribution in [-0.2, 0) is 6.18 Å². The first-order valence-electron chi connectivity index (χ1n) is 9.72. The number of hydrogen-bond donors (Lipinski definition) is 0. The van der Waals surface area contributed by atoms with Gasteiger partial charge < -0.3 is 4.90 Å². The summed E-state index contributed by atoms with van der Waals surface area (Å²) in [5.41, 5.74) is -0.870. The molecule has 0 bridgehead atoms. The van der Waals surface area contributed by atoms with E-state index in [1.807, 2.05) is 13.8 Å². The number of fused-ring (bicyclic) bond motifs is 1. The number of carbonyl (C=O) groups excluding carboxylic acids is 1. The molecule has 5 nitrogen and oxygen atoms in total. The predicted molar refractivity (Wildman–Crippen MR) is 102 cm³/mol. The summed E-state index contributed by atoms with van der Waals surface area (Å²) in [7, 11) is 0. The Bertz CT molecular complexity index is 1080. The topological polar surface area (TPSA) is 50.5 Å². The Kier molecular flexibility index (Phi) is 4.99. The first-order chi connectivity index (χ1) is 14.1. The number of rotatable bonds is 2. The number of aromatic nitrogens is 3. The average Bonchev–Trinajstić information content (AvgIpc) is 3.11. The Hall–Kier alpha value is -2.97. The predicted octanol–water partition coefficient (Wildman–Crippen LogP) is 4.96. The summed E-state index contributed by atoms with van der Waals surface area (Å²) >= 11 is 0. The minimum Gasteiger partial charge on any atom is -0.332 e. The summed E-state index contributed by atoms with van der Waals surface area (Å²) in [4.78, 5) is 19.0. The Balaban J connectivity index is 1.83. The smallest absolute Gasteiger partial charge is 0.332 e. The fourth-order valence-corrected chi connectivity index (χ4v) is 4.00. The Morgan fingerprint density at radius 3 is 2.30 bits per heavy atom. The standard InChI is InChI=1S/C21H20F4N4O/c1-12-4-3-5-13(2)28(12)20(30)17-11-19-26-16(14-6-8-15(22)9-7-14)10-18(21(23,24)25)29(19)27-17/h6-13H,3-5H2,1-2H3/t12-,13+. The van der Waals surface area contributed by atoms with Gasteiger partial charge in [0.05, 0.1) is 5.69 Å². The highest BCUT2D eigenvalue weighted by atomic mass is 19.4. The summed E-state index contributed by atoms with van der Waals surface area (Å²) < 4.78 is 55.0. The molecule has 0 unspecified atom stereocenters. The molecule has 1 fully saturated rings. The minimum atomic E-state index is -4.71. The first kappa shape index (κ1) is 20.3. The lowest BCUT2D eigenvalue weighted by atomic mass is 9.97. The van der Waals surface area contributed by atoms with E-state index in [0.717, 1.165) is 37.5 Å². The molecule has 1 aliphatic rings. The molecular weight excluding hydrogens is 400 g/mol. The molecule has 1 amide bonds. The maximum absolute atomic E-state index is 13.7. The van der Waals surface area contributed by atoms with Crippen molar-refractivity contribution in [1.29, 1.82) is 0 Å². The number of benzene rings is 1. The van der Waals surface area contributed by atoms with Crippen LogP contribution >= 0.6 is 0 Å². The van der Waals surface area contributed by atoms with E-state index in [9.17, 15) is 22.4 Å². The van der Waals surface area contributed by atoms with E-state index >= 15 is 0 Å². The molecule has 0 radical (unpaired) electrons. The van der Waals surface area contributed by atoms with E-state index in [-0.39, 0.29) is 29.1 Å². The lowest BCUT2D eigenvalue weighted by molar-refractivity contribution is -0.142. The van der Waals surface area contributed by atoms with Crippen molar-refractivity contribution in [2.75, 3.05) is 0 Å². The number of piperidine rings is 1. The Morgan fingerprint density at radius 2 is 1.70 bits per heavy atom. The third-order valence-electron chi connectivity index (χ3n) is 5.50. The maximum Gasteiger partial charge on any atom is 0.433 e. The molecule has 1 aromatic carbocycles. The van der Waals surface area contributed by atoms with E-state index in [0.29, 0.717) is 10.1 Å². The summed E-state index contributed by atoms with van der Waals surface area (Å²) in [5, 5.41) is 3.95. The molecule has 3 aromatic rings. The van der Waals surface area contributed by atoms with Gasteiger partial charge >= 0.3 is 6.18 Å². The second-order valence-electron chi connectivity index (χ2n) is 7.67. The van der Waals surface area contributed by atoms with Crippen LogP contribution in [0.4, 0.5) is 17.6 Å². The van der Waals surface area contributed by atoms with E-state index < -0.39 is 23.6 Å². The molecule has 158 valence electrons. The zero-order valence-corrected chi connectivity index (χ0v) is 16.4. The highest BCUT2D eigenvalue weighted by Gasteiger charge is 2.37. The largest absolute Gasteiger partial charge is 0.433 e. The van der Waals surface area contributed by atoms with E-state index in [4.69, 9.17) is 0 Å². The number of amides is 1. The first-order valence-corrected chi connectivity index (χ1v) is 9.72. The lowest BCUT2D eigenvalue weighted by Gasteiger charge is -2.38. The average molecular weight is 420 g/mol. The van der Waals surface area contributed by atoms with Crippen molar-refractivity contribution >= 4 is 11.6 Å². The van der Waals surface area contributed by atoms with Crippen LogP contribution < -0.4 is 0 Å². The van der Waals surface area contributed by atoms with Gasteiger partial charge in [-0.15, -0.1) is 0 Å². The van der Waals surface area contributed by atoms with Crippen molar-refractivity contribution < 1.29 is 22.4 Å². The van der Waals surface area contributed by atoms with Crippen molar-refractivity contribution in [3.8, 4) is 11.3 Å². The SMILES string of the molecule is C[C@@H]1CCC[C@H](C)N1C(=O)c1cc2nc(-c3ccc(F)cc3)cc(C(F)(F)F)n2n1. The molecule has 0 aliphatic carbocycles. The van der Waals surface area contributed by atoms with Gasteiger partial charge in [-0.2, -0.15) is 18.3 Å². The fourth-order valence-electron chi connectivity index (χ4n) is 4.00. The molecule has 0 N–H and O–H groups in total. The van der Waals surface area contributed by atoms with Gasteiger partial charge in [-0.25, -0.2) is 13.9 Å². The molecule has 4 rings (SSSR count). The van der Waals surface area contributed by atoms with Gasteiger partial charge in [-0.1, -0.05) is 0 Å². The molecule has 3 heterocycles.